The van der Waals surface area contributed by atoms with Crippen molar-refractivity contribution in [2.24, 2.45) is 0 Å². The van der Waals surface area contributed by atoms with Gasteiger partial charge in [0.1, 0.15) is 17.3 Å². The number of nitrogens with two attached hydrogens (primary N) is 1. The number of amides is 1. The molecule has 0 spiro atoms. The third-order valence-electron chi connectivity index (χ3n) is 2.46. The summed E-state index contributed by atoms with van der Waals surface area (Å²) in [6.45, 7) is 0. The monoisotopic (exact) mass is 326 g/mol. The molecule has 0 aliphatic heterocycles. The van der Waals surface area contributed by atoms with Crippen LogP contribution in [0.2, 0.25) is 0 Å². The van der Waals surface area contributed by atoms with E-state index in [9.17, 15) is 13.6 Å². The molecule has 19 heavy (non-hydrogen) atoms. The number of rotatable bonds is 2. The lowest BCUT2D eigenvalue weighted by atomic mass is 10.2. The molecule has 0 aliphatic carbocycles. The number of halogens is 3. The Morgan fingerprint density at radius 1 is 1.16 bits per heavy atom. The number of nitrogens with one attached hydrogen (secondary N) is 1. The van der Waals surface area contributed by atoms with Crippen molar-refractivity contribution in [2.45, 2.75) is 0 Å². The number of hydrogen-bond acceptors (Lipinski definition) is 2. The third kappa shape index (κ3) is 2.90. The van der Waals surface area contributed by atoms with Crippen molar-refractivity contribution < 1.29 is 13.6 Å². The van der Waals surface area contributed by atoms with Crippen LogP contribution in [0.25, 0.3) is 0 Å². The van der Waals surface area contributed by atoms with Gasteiger partial charge in [-0.05, 0) is 46.3 Å². The molecule has 2 aromatic carbocycles. The van der Waals surface area contributed by atoms with E-state index in [1.807, 2.05) is 0 Å². The van der Waals surface area contributed by atoms with Crippen molar-refractivity contribution in [2.75, 3.05) is 11.1 Å². The summed E-state index contributed by atoms with van der Waals surface area (Å²) in [5.74, 6) is -2.31. The molecule has 0 heterocycles. The highest BCUT2D eigenvalue weighted by Crippen LogP contribution is 2.22. The number of anilines is 2. The van der Waals surface area contributed by atoms with Crippen molar-refractivity contribution in [1.82, 2.24) is 0 Å². The van der Waals surface area contributed by atoms with Crippen molar-refractivity contribution in [3.05, 3.63) is 58.1 Å². The summed E-state index contributed by atoms with van der Waals surface area (Å²) >= 11 is 3.19. The minimum atomic E-state index is -0.835. The van der Waals surface area contributed by atoms with Gasteiger partial charge in [-0.1, -0.05) is 6.07 Å². The summed E-state index contributed by atoms with van der Waals surface area (Å²) in [6, 6.07) is 7.84. The standard InChI is InChI=1S/C13H9BrF2N2O/c14-8-5-4-7(6-11(8)17)13(19)18-12-9(15)2-1-3-10(12)16/h1-6H,17H2,(H,18,19). The number of carbonyl (C=O) groups excluding carboxylic acids is 1. The Labute approximate surface area is 116 Å². The van der Waals surface area contributed by atoms with Gasteiger partial charge in [-0.25, -0.2) is 8.78 Å². The molecule has 98 valence electrons. The zero-order valence-electron chi connectivity index (χ0n) is 9.58. The lowest BCUT2D eigenvalue weighted by molar-refractivity contribution is 0.102. The molecule has 0 bridgehead atoms. The van der Waals surface area contributed by atoms with Crippen LogP contribution in [0.15, 0.2) is 40.9 Å². The quantitative estimate of drug-likeness (QED) is 0.829. The summed E-state index contributed by atoms with van der Waals surface area (Å²) in [6.07, 6.45) is 0. The molecule has 0 unspecified atom stereocenters. The molecule has 6 heteroatoms. The topological polar surface area (TPSA) is 55.1 Å². The molecular formula is C13H9BrF2N2O. The highest BCUT2D eigenvalue weighted by atomic mass is 79.9. The van der Waals surface area contributed by atoms with Crippen LogP contribution in [0.1, 0.15) is 10.4 Å². The first-order valence-corrected chi connectivity index (χ1v) is 6.08. The van der Waals surface area contributed by atoms with Crippen LogP contribution < -0.4 is 11.1 Å². The summed E-state index contributed by atoms with van der Waals surface area (Å²) < 4.78 is 27.4. The van der Waals surface area contributed by atoms with Gasteiger partial charge in [0.15, 0.2) is 0 Å². The Morgan fingerprint density at radius 3 is 2.37 bits per heavy atom. The predicted octanol–water partition coefficient (Wildman–Crippen LogP) is 3.56. The molecule has 1 amide bonds. The van der Waals surface area contributed by atoms with Gasteiger partial charge in [-0.15, -0.1) is 0 Å². The first-order valence-electron chi connectivity index (χ1n) is 5.29. The fourth-order valence-electron chi connectivity index (χ4n) is 1.49. The first-order chi connectivity index (χ1) is 8.99. The van der Waals surface area contributed by atoms with E-state index >= 15 is 0 Å². The normalized spacial score (nSPS) is 10.3. The van der Waals surface area contributed by atoms with Crippen molar-refractivity contribution in [3.63, 3.8) is 0 Å². The van der Waals surface area contributed by atoms with Gasteiger partial charge in [0.2, 0.25) is 0 Å². The van der Waals surface area contributed by atoms with Gasteiger partial charge in [0.25, 0.3) is 5.91 Å². The maximum Gasteiger partial charge on any atom is 0.255 e. The molecular weight excluding hydrogens is 318 g/mol. The molecule has 2 aromatic rings. The number of carbonyl (C=O) groups is 1. The lowest BCUT2D eigenvalue weighted by Gasteiger charge is -2.08. The van der Waals surface area contributed by atoms with Crippen LogP contribution >= 0.6 is 15.9 Å². The zero-order valence-corrected chi connectivity index (χ0v) is 11.2. The molecule has 0 atom stereocenters. The van der Waals surface area contributed by atoms with Gasteiger partial charge in [-0.2, -0.15) is 0 Å². The summed E-state index contributed by atoms with van der Waals surface area (Å²) in [5.41, 5.74) is 5.73. The van der Waals surface area contributed by atoms with Crippen molar-refractivity contribution in [1.29, 1.82) is 0 Å². The van der Waals surface area contributed by atoms with Crippen LogP contribution in [0, 0.1) is 11.6 Å². The second-order valence-corrected chi connectivity index (χ2v) is 4.64. The van der Waals surface area contributed by atoms with Gasteiger partial charge in [-0.3, -0.25) is 4.79 Å². The Kier molecular flexibility index (Phi) is 3.80. The molecule has 0 aliphatic rings. The van der Waals surface area contributed by atoms with E-state index in [0.29, 0.717) is 10.2 Å². The molecule has 0 radical (unpaired) electrons. The van der Waals surface area contributed by atoms with Crippen LogP contribution in [0.5, 0.6) is 0 Å². The second kappa shape index (κ2) is 5.36. The van der Waals surface area contributed by atoms with E-state index in [1.165, 1.54) is 18.2 Å². The fraction of sp³-hybridized carbons (Fsp3) is 0. The zero-order chi connectivity index (χ0) is 14.0. The average molecular weight is 327 g/mol. The van der Waals surface area contributed by atoms with E-state index in [1.54, 1.807) is 6.07 Å². The Bertz CT molecular complexity index is 626. The maximum absolute atomic E-state index is 13.4. The molecule has 2 rings (SSSR count). The Morgan fingerprint density at radius 2 is 1.79 bits per heavy atom. The lowest BCUT2D eigenvalue weighted by Crippen LogP contribution is -2.14. The molecule has 0 aromatic heterocycles. The molecule has 0 saturated heterocycles. The average Bonchev–Trinajstić information content (AvgIpc) is 2.37. The Balaban J connectivity index is 2.28. The molecule has 0 saturated carbocycles. The van der Waals surface area contributed by atoms with E-state index in [-0.39, 0.29) is 5.56 Å². The number of para-hydroxylation sites is 1. The minimum absolute atomic E-state index is 0.211. The van der Waals surface area contributed by atoms with Crippen molar-refractivity contribution in [3.8, 4) is 0 Å². The van der Waals surface area contributed by atoms with Crippen molar-refractivity contribution >= 4 is 33.2 Å². The Hall–Kier alpha value is -1.95. The van der Waals surface area contributed by atoms with Gasteiger partial charge in [0.05, 0.1) is 0 Å². The van der Waals surface area contributed by atoms with Gasteiger partial charge >= 0.3 is 0 Å². The van der Waals surface area contributed by atoms with Gasteiger partial charge in [0, 0.05) is 15.7 Å². The third-order valence-corrected chi connectivity index (χ3v) is 3.18. The van der Waals surface area contributed by atoms with Gasteiger partial charge < -0.3 is 11.1 Å². The maximum atomic E-state index is 13.4. The van der Waals surface area contributed by atoms with Crippen LogP contribution in [-0.4, -0.2) is 5.91 Å². The molecule has 0 fully saturated rings. The van der Waals surface area contributed by atoms with E-state index < -0.39 is 23.2 Å². The van der Waals surface area contributed by atoms with E-state index in [2.05, 4.69) is 21.2 Å². The van der Waals surface area contributed by atoms with Crippen LogP contribution in [-0.2, 0) is 0 Å². The van der Waals surface area contributed by atoms with E-state index in [4.69, 9.17) is 5.73 Å². The van der Waals surface area contributed by atoms with Crippen LogP contribution in [0.3, 0.4) is 0 Å². The number of hydrogen-bond donors (Lipinski definition) is 2. The summed E-state index contributed by atoms with van der Waals surface area (Å²) in [7, 11) is 0. The first kappa shape index (κ1) is 13.5. The largest absolute Gasteiger partial charge is 0.398 e. The summed E-state index contributed by atoms with van der Waals surface area (Å²) in [5, 5.41) is 2.18. The van der Waals surface area contributed by atoms with E-state index in [0.717, 1.165) is 12.1 Å². The minimum Gasteiger partial charge on any atom is -0.398 e. The smallest absolute Gasteiger partial charge is 0.255 e. The second-order valence-electron chi connectivity index (χ2n) is 3.79. The molecule has 3 nitrogen and oxygen atoms in total. The molecule has 3 N–H and O–H groups in total. The fourth-order valence-corrected chi connectivity index (χ4v) is 1.73. The number of nitrogen functional groups attached to an aromatic ring is 1. The highest BCUT2D eigenvalue weighted by Gasteiger charge is 2.13. The summed E-state index contributed by atoms with van der Waals surface area (Å²) in [4.78, 5) is 11.9. The van der Waals surface area contributed by atoms with Crippen LogP contribution in [0.4, 0.5) is 20.2 Å². The highest BCUT2D eigenvalue weighted by molar-refractivity contribution is 9.10. The predicted molar refractivity (Wildman–Crippen MR) is 72.9 cm³/mol. The number of benzene rings is 2. The SMILES string of the molecule is Nc1cc(C(=O)Nc2c(F)cccc2F)ccc1Br.